The Bertz CT molecular complexity index is 886. The average Bonchev–Trinajstić information content (AvgIpc) is 2.79. The van der Waals surface area contributed by atoms with Crippen molar-refractivity contribution in [2.75, 3.05) is 0 Å². The summed E-state index contributed by atoms with van der Waals surface area (Å²) in [6.45, 7) is 1.29. The molecule has 0 aromatic heterocycles. The normalized spacial score (nSPS) is 19.8. The Morgan fingerprint density at radius 3 is 2.60 bits per heavy atom. The van der Waals surface area contributed by atoms with Gasteiger partial charge < -0.3 is 5.32 Å². The molecule has 1 atom stereocenters. The van der Waals surface area contributed by atoms with Crippen molar-refractivity contribution in [1.82, 2.24) is 10.2 Å². The summed E-state index contributed by atoms with van der Waals surface area (Å²) in [6, 6.07) is 10.7. The molecule has 25 heavy (non-hydrogen) atoms. The first kappa shape index (κ1) is 16.6. The second kappa shape index (κ2) is 5.97. The maximum atomic E-state index is 14.1. The smallest absolute Gasteiger partial charge is 0.319 e. The van der Waals surface area contributed by atoms with Gasteiger partial charge in [0.05, 0.1) is 11.5 Å². The standard InChI is InChI=1S/C17H14FN3O4/c1-17(13-7-2-3-8-14(13)18)15(22)20(16(23)19-17)10-11-5-4-6-12(9-11)21(24)25/h2-9H,10H2,1H3,(H,19,23). The van der Waals surface area contributed by atoms with E-state index in [1.165, 1.54) is 43.3 Å². The molecule has 1 fully saturated rings. The van der Waals surface area contributed by atoms with Crippen molar-refractivity contribution in [3.05, 3.63) is 75.6 Å². The highest BCUT2D eigenvalue weighted by Crippen LogP contribution is 2.31. The lowest BCUT2D eigenvalue weighted by Gasteiger charge is -2.22. The maximum Gasteiger partial charge on any atom is 0.325 e. The van der Waals surface area contributed by atoms with Gasteiger partial charge in [0.1, 0.15) is 11.4 Å². The molecule has 1 N–H and O–H groups in total. The van der Waals surface area contributed by atoms with Gasteiger partial charge in [-0.05, 0) is 18.6 Å². The Morgan fingerprint density at radius 2 is 1.92 bits per heavy atom. The summed E-state index contributed by atoms with van der Waals surface area (Å²) in [6.07, 6.45) is 0. The van der Waals surface area contributed by atoms with Crippen LogP contribution in [-0.2, 0) is 16.9 Å². The molecule has 1 saturated heterocycles. The van der Waals surface area contributed by atoms with Gasteiger partial charge in [0.2, 0.25) is 0 Å². The third-order valence-electron chi connectivity index (χ3n) is 4.15. The highest BCUT2D eigenvalue weighted by atomic mass is 19.1. The molecule has 1 heterocycles. The summed E-state index contributed by atoms with van der Waals surface area (Å²) in [7, 11) is 0. The van der Waals surface area contributed by atoms with E-state index in [1.807, 2.05) is 0 Å². The van der Waals surface area contributed by atoms with Crippen LogP contribution in [0.3, 0.4) is 0 Å². The number of nitrogens with zero attached hydrogens (tertiary/aromatic N) is 2. The van der Waals surface area contributed by atoms with Gasteiger partial charge in [-0.15, -0.1) is 0 Å². The number of benzene rings is 2. The zero-order valence-electron chi connectivity index (χ0n) is 13.2. The van der Waals surface area contributed by atoms with Gasteiger partial charge in [-0.2, -0.15) is 0 Å². The van der Waals surface area contributed by atoms with E-state index >= 15 is 0 Å². The average molecular weight is 343 g/mol. The molecule has 1 aliphatic heterocycles. The van der Waals surface area contributed by atoms with E-state index in [2.05, 4.69) is 5.32 Å². The molecule has 0 saturated carbocycles. The Morgan fingerprint density at radius 1 is 1.20 bits per heavy atom. The summed E-state index contributed by atoms with van der Waals surface area (Å²) in [4.78, 5) is 36.2. The molecular weight excluding hydrogens is 329 g/mol. The zero-order valence-corrected chi connectivity index (χ0v) is 13.2. The number of nitrogens with one attached hydrogen (secondary N) is 1. The minimum Gasteiger partial charge on any atom is -0.319 e. The number of hydrogen-bond acceptors (Lipinski definition) is 4. The minimum atomic E-state index is -1.52. The molecule has 0 radical (unpaired) electrons. The van der Waals surface area contributed by atoms with Crippen LogP contribution in [0.5, 0.6) is 0 Å². The molecule has 3 amide bonds. The first-order chi connectivity index (χ1) is 11.8. The van der Waals surface area contributed by atoms with Crippen molar-refractivity contribution in [2.24, 2.45) is 0 Å². The lowest BCUT2D eigenvalue weighted by molar-refractivity contribution is -0.384. The lowest BCUT2D eigenvalue weighted by atomic mass is 9.91. The van der Waals surface area contributed by atoms with Crippen molar-refractivity contribution >= 4 is 17.6 Å². The van der Waals surface area contributed by atoms with Crippen LogP contribution in [0.4, 0.5) is 14.9 Å². The van der Waals surface area contributed by atoms with Crippen LogP contribution in [-0.4, -0.2) is 21.8 Å². The summed E-state index contributed by atoms with van der Waals surface area (Å²) in [5.74, 6) is -1.22. The van der Waals surface area contributed by atoms with Crippen molar-refractivity contribution in [3.8, 4) is 0 Å². The van der Waals surface area contributed by atoms with Gasteiger partial charge in [-0.25, -0.2) is 9.18 Å². The van der Waals surface area contributed by atoms with Crippen LogP contribution in [0.15, 0.2) is 48.5 Å². The van der Waals surface area contributed by atoms with E-state index in [0.717, 1.165) is 4.90 Å². The highest BCUT2D eigenvalue weighted by Gasteiger charge is 2.50. The number of nitro benzene ring substituents is 1. The van der Waals surface area contributed by atoms with E-state index in [-0.39, 0.29) is 17.8 Å². The quantitative estimate of drug-likeness (QED) is 0.525. The second-order valence-electron chi connectivity index (χ2n) is 5.85. The number of nitro groups is 1. The summed E-state index contributed by atoms with van der Waals surface area (Å²) >= 11 is 0. The van der Waals surface area contributed by atoms with E-state index in [0.29, 0.717) is 5.56 Å². The molecule has 128 valence electrons. The predicted molar refractivity (Wildman–Crippen MR) is 85.9 cm³/mol. The Hall–Kier alpha value is -3.29. The molecule has 2 aromatic rings. The minimum absolute atomic E-state index is 0.0647. The van der Waals surface area contributed by atoms with Gasteiger partial charge in [-0.1, -0.05) is 30.3 Å². The predicted octanol–water partition coefficient (Wildman–Crippen LogP) is 2.70. The SMILES string of the molecule is CC1(c2ccccc2F)NC(=O)N(Cc2cccc([N+](=O)[O-])c2)C1=O. The van der Waals surface area contributed by atoms with Crippen LogP contribution >= 0.6 is 0 Å². The zero-order chi connectivity index (χ0) is 18.2. The number of hydrogen-bond donors (Lipinski definition) is 1. The molecule has 0 aliphatic carbocycles. The van der Waals surface area contributed by atoms with Gasteiger partial charge in [0.25, 0.3) is 11.6 Å². The molecule has 7 nitrogen and oxygen atoms in total. The van der Waals surface area contributed by atoms with Crippen LogP contribution in [0.25, 0.3) is 0 Å². The fraction of sp³-hybridized carbons (Fsp3) is 0.176. The molecule has 1 aliphatic rings. The number of halogens is 1. The third-order valence-corrected chi connectivity index (χ3v) is 4.15. The number of amides is 3. The molecule has 1 unspecified atom stereocenters. The lowest BCUT2D eigenvalue weighted by Crippen LogP contribution is -2.41. The summed E-state index contributed by atoms with van der Waals surface area (Å²) < 4.78 is 14.1. The number of non-ortho nitro benzene ring substituents is 1. The van der Waals surface area contributed by atoms with Crippen LogP contribution in [0, 0.1) is 15.9 Å². The summed E-state index contributed by atoms with van der Waals surface area (Å²) in [5.41, 5.74) is -1.17. The van der Waals surface area contributed by atoms with Crippen molar-refractivity contribution in [1.29, 1.82) is 0 Å². The largest absolute Gasteiger partial charge is 0.325 e. The van der Waals surface area contributed by atoms with Crippen molar-refractivity contribution in [3.63, 3.8) is 0 Å². The Kier molecular flexibility index (Phi) is 3.96. The number of urea groups is 1. The number of carbonyl (C=O) groups excluding carboxylic acids is 2. The number of rotatable bonds is 4. The number of imide groups is 1. The monoisotopic (exact) mass is 343 g/mol. The Balaban J connectivity index is 1.91. The first-order valence-electron chi connectivity index (χ1n) is 7.45. The first-order valence-corrected chi connectivity index (χ1v) is 7.45. The number of carbonyl (C=O) groups is 2. The van der Waals surface area contributed by atoms with Crippen LogP contribution in [0.2, 0.25) is 0 Å². The third kappa shape index (κ3) is 2.82. The molecular formula is C17H14FN3O4. The van der Waals surface area contributed by atoms with Crippen LogP contribution in [0.1, 0.15) is 18.1 Å². The Labute approximate surface area is 142 Å². The second-order valence-corrected chi connectivity index (χ2v) is 5.85. The van der Waals surface area contributed by atoms with Gasteiger partial charge in [0, 0.05) is 17.7 Å². The molecule has 2 aromatic carbocycles. The van der Waals surface area contributed by atoms with E-state index < -0.39 is 28.2 Å². The van der Waals surface area contributed by atoms with E-state index in [1.54, 1.807) is 12.1 Å². The fourth-order valence-electron chi connectivity index (χ4n) is 2.84. The fourth-order valence-corrected chi connectivity index (χ4v) is 2.84. The van der Waals surface area contributed by atoms with Crippen LogP contribution < -0.4 is 5.32 Å². The van der Waals surface area contributed by atoms with Gasteiger partial charge >= 0.3 is 6.03 Å². The molecule has 8 heteroatoms. The topological polar surface area (TPSA) is 92.6 Å². The van der Waals surface area contributed by atoms with E-state index in [9.17, 15) is 24.1 Å². The van der Waals surface area contributed by atoms with E-state index in [4.69, 9.17) is 0 Å². The maximum absolute atomic E-state index is 14.1. The van der Waals surface area contributed by atoms with Gasteiger partial charge in [-0.3, -0.25) is 19.8 Å². The van der Waals surface area contributed by atoms with Crippen molar-refractivity contribution < 1.29 is 18.9 Å². The summed E-state index contributed by atoms with van der Waals surface area (Å²) in [5, 5.41) is 13.4. The highest BCUT2D eigenvalue weighted by molar-refractivity contribution is 6.07. The molecule has 0 spiro atoms. The van der Waals surface area contributed by atoms with Crippen molar-refractivity contribution in [2.45, 2.75) is 19.0 Å². The van der Waals surface area contributed by atoms with Gasteiger partial charge in [0.15, 0.2) is 0 Å². The molecule has 0 bridgehead atoms. The molecule has 3 rings (SSSR count).